The van der Waals surface area contributed by atoms with Crippen LogP contribution in [0.4, 0.5) is 0 Å². The molecule has 0 bridgehead atoms. The lowest BCUT2D eigenvalue weighted by Gasteiger charge is -2.26. The molecular formula is C60H109NO8. The van der Waals surface area contributed by atoms with Crippen LogP contribution in [0.25, 0.3) is 0 Å². The van der Waals surface area contributed by atoms with E-state index < -0.39 is 24.3 Å². The van der Waals surface area contributed by atoms with Crippen molar-refractivity contribution in [1.82, 2.24) is 0 Å². The second-order valence-electron chi connectivity index (χ2n) is 20.6. The number of rotatable bonds is 53. The van der Waals surface area contributed by atoms with Gasteiger partial charge in [-0.1, -0.05) is 242 Å². The number of allylic oxidation sites excluding steroid dienone is 8. The Bertz CT molecular complexity index is 1270. The highest BCUT2D eigenvalue weighted by atomic mass is 16.7. The molecule has 9 heteroatoms. The zero-order valence-electron chi connectivity index (χ0n) is 45.7. The summed E-state index contributed by atoms with van der Waals surface area (Å²) >= 11 is 0. The third kappa shape index (κ3) is 52.9. The molecule has 0 aliphatic heterocycles. The maximum absolute atomic E-state index is 12.9. The quantitative estimate of drug-likeness (QED) is 0.0195. The average molecular weight is 973 g/mol. The second kappa shape index (κ2) is 51.6. The molecule has 0 heterocycles. The van der Waals surface area contributed by atoms with E-state index in [-0.39, 0.29) is 32.2 Å². The summed E-state index contributed by atoms with van der Waals surface area (Å²) in [5.41, 5.74) is 0. The Morgan fingerprint density at radius 1 is 0.449 bits per heavy atom. The van der Waals surface area contributed by atoms with E-state index in [1.54, 1.807) is 0 Å². The molecule has 2 atom stereocenters. The molecule has 0 fully saturated rings. The Balaban J connectivity index is 4.23. The van der Waals surface area contributed by atoms with Crippen LogP contribution in [0, 0.1) is 0 Å². The molecular weight excluding hydrogens is 863 g/mol. The molecule has 0 radical (unpaired) electrons. The highest BCUT2D eigenvalue weighted by molar-refractivity contribution is 5.70. The van der Waals surface area contributed by atoms with Gasteiger partial charge >= 0.3 is 11.9 Å². The van der Waals surface area contributed by atoms with Gasteiger partial charge in [-0.2, -0.15) is 0 Å². The number of carboxylic acid groups (broad SMARTS) is 1. The van der Waals surface area contributed by atoms with Gasteiger partial charge in [-0.25, -0.2) is 0 Å². The number of carbonyl (C=O) groups is 3. The molecule has 0 saturated carbocycles. The molecule has 9 nitrogen and oxygen atoms in total. The Morgan fingerprint density at radius 2 is 0.826 bits per heavy atom. The van der Waals surface area contributed by atoms with Gasteiger partial charge in [0.1, 0.15) is 13.2 Å². The summed E-state index contributed by atoms with van der Waals surface area (Å²) in [7, 11) is 5.93. The molecule has 69 heavy (non-hydrogen) atoms. The Kier molecular flexibility index (Phi) is 49.5. The van der Waals surface area contributed by atoms with Gasteiger partial charge in [0.25, 0.3) is 0 Å². The fourth-order valence-electron chi connectivity index (χ4n) is 8.18. The molecule has 2 unspecified atom stereocenters. The van der Waals surface area contributed by atoms with Gasteiger partial charge in [-0.15, -0.1) is 0 Å². The van der Waals surface area contributed by atoms with E-state index in [0.717, 1.165) is 64.2 Å². The lowest BCUT2D eigenvalue weighted by Crippen LogP contribution is -2.44. The number of likely N-dealkylation sites (N-methyl/N-ethyl adjacent to an activating group) is 1. The third-order valence-electron chi connectivity index (χ3n) is 12.6. The van der Waals surface area contributed by atoms with Crippen molar-refractivity contribution in [2.75, 3.05) is 47.5 Å². The largest absolute Gasteiger partial charge is 0.545 e. The van der Waals surface area contributed by atoms with Crippen LogP contribution in [-0.2, 0) is 33.3 Å². The number of hydrogen-bond donors (Lipinski definition) is 0. The first-order chi connectivity index (χ1) is 33.6. The number of quaternary nitrogens is 1. The molecule has 0 aliphatic rings. The van der Waals surface area contributed by atoms with Crippen molar-refractivity contribution in [2.24, 2.45) is 0 Å². The van der Waals surface area contributed by atoms with Gasteiger partial charge in [0.15, 0.2) is 12.4 Å². The number of nitrogens with zero attached hydrogens (tertiary/aromatic N) is 1. The van der Waals surface area contributed by atoms with Crippen LogP contribution in [0.2, 0.25) is 0 Å². The van der Waals surface area contributed by atoms with Crippen LogP contribution in [0.3, 0.4) is 0 Å². The van der Waals surface area contributed by atoms with Crippen LogP contribution < -0.4 is 5.11 Å². The maximum atomic E-state index is 12.9. The lowest BCUT2D eigenvalue weighted by molar-refractivity contribution is -0.870. The lowest BCUT2D eigenvalue weighted by atomic mass is 10.0. The van der Waals surface area contributed by atoms with E-state index in [1.807, 2.05) is 21.1 Å². The van der Waals surface area contributed by atoms with Gasteiger partial charge in [-0.05, 0) is 51.4 Å². The molecule has 0 saturated heterocycles. The standard InChI is InChI=1S/C60H109NO8/c1-6-8-10-12-14-16-18-20-22-24-26-27-28-29-30-31-33-35-37-39-41-43-45-47-49-51-58(63)69-56(55-68-60(59(64)65)66-53-52-61(3,4)5)54-67-57(62)50-48-46-44-42-40-38-36-34-32-25-23-21-19-17-15-13-11-9-7-2/h8,10,14,16,20,22,26-27,56,60H,6-7,9,11-13,15,17-19,21,23-25,28-55H2,1-5H3/b10-8-,16-14-,22-20-,27-26-. The molecule has 0 amide bonds. The first kappa shape index (κ1) is 66.2. The van der Waals surface area contributed by atoms with Crippen molar-refractivity contribution >= 4 is 17.9 Å². The molecule has 0 aromatic rings. The van der Waals surface area contributed by atoms with Gasteiger partial charge in [-0.3, -0.25) is 9.59 Å². The summed E-state index contributed by atoms with van der Waals surface area (Å²) < 4.78 is 22.7. The topological polar surface area (TPSA) is 111 Å². The average Bonchev–Trinajstić information content (AvgIpc) is 3.31. The van der Waals surface area contributed by atoms with Crippen molar-refractivity contribution < 1.29 is 42.9 Å². The van der Waals surface area contributed by atoms with Crippen molar-refractivity contribution in [2.45, 2.75) is 270 Å². The zero-order valence-corrected chi connectivity index (χ0v) is 45.7. The van der Waals surface area contributed by atoms with Crippen molar-refractivity contribution in [3.8, 4) is 0 Å². The summed E-state index contributed by atoms with van der Waals surface area (Å²) in [5.74, 6) is -2.27. The number of carboxylic acids is 1. The Hall–Kier alpha value is -2.75. The van der Waals surface area contributed by atoms with E-state index in [4.69, 9.17) is 18.9 Å². The molecule has 0 aromatic carbocycles. The van der Waals surface area contributed by atoms with Gasteiger partial charge in [0, 0.05) is 12.8 Å². The van der Waals surface area contributed by atoms with Gasteiger partial charge < -0.3 is 33.3 Å². The van der Waals surface area contributed by atoms with Gasteiger partial charge in [0.05, 0.1) is 40.3 Å². The van der Waals surface area contributed by atoms with Crippen molar-refractivity contribution in [3.05, 3.63) is 48.6 Å². The molecule has 402 valence electrons. The van der Waals surface area contributed by atoms with Crippen LogP contribution in [0.15, 0.2) is 48.6 Å². The van der Waals surface area contributed by atoms with Gasteiger partial charge in [0.2, 0.25) is 0 Å². The minimum atomic E-state index is -1.62. The number of aliphatic carboxylic acids is 1. The number of ether oxygens (including phenoxy) is 4. The number of hydrogen-bond acceptors (Lipinski definition) is 8. The fraction of sp³-hybridized carbons (Fsp3) is 0.817. The summed E-state index contributed by atoms with van der Waals surface area (Å²) in [4.78, 5) is 37.3. The molecule has 0 N–H and O–H groups in total. The first-order valence-corrected chi connectivity index (χ1v) is 28.8. The number of esters is 2. The first-order valence-electron chi connectivity index (χ1n) is 28.8. The minimum absolute atomic E-state index is 0.148. The smallest absolute Gasteiger partial charge is 0.306 e. The predicted octanol–water partition coefficient (Wildman–Crippen LogP) is 15.3. The number of unbranched alkanes of at least 4 members (excludes halogenated alkanes) is 30. The van der Waals surface area contributed by atoms with Crippen molar-refractivity contribution in [1.29, 1.82) is 0 Å². The summed E-state index contributed by atoms with van der Waals surface area (Å²) in [5, 5.41) is 11.8. The van der Waals surface area contributed by atoms with E-state index in [0.29, 0.717) is 23.9 Å². The maximum Gasteiger partial charge on any atom is 0.306 e. The molecule has 0 aliphatic carbocycles. The van der Waals surface area contributed by atoms with E-state index >= 15 is 0 Å². The second-order valence-corrected chi connectivity index (χ2v) is 20.6. The highest BCUT2D eigenvalue weighted by Gasteiger charge is 2.22. The molecule has 0 spiro atoms. The summed E-state index contributed by atoms with van der Waals surface area (Å²) in [6.07, 6.45) is 60.1. The van der Waals surface area contributed by atoms with E-state index in [1.165, 1.54) is 161 Å². The number of carbonyl (C=O) groups excluding carboxylic acids is 3. The third-order valence-corrected chi connectivity index (χ3v) is 12.6. The van der Waals surface area contributed by atoms with Crippen LogP contribution in [0.1, 0.15) is 258 Å². The van der Waals surface area contributed by atoms with Crippen molar-refractivity contribution in [3.63, 3.8) is 0 Å². The fourth-order valence-corrected chi connectivity index (χ4v) is 8.18. The zero-order chi connectivity index (χ0) is 50.6. The molecule has 0 aromatic heterocycles. The van der Waals surface area contributed by atoms with E-state index in [9.17, 15) is 19.5 Å². The SMILES string of the molecule is CC/C=C\C/C=C\C/C=C\C/C=C\CCCCCCCCCCCCCCC(=O)OC(COC(=O)CCCCCCCCCCCCCCCCCCCCC)COC(OCC[N+](C)(C)C)C(=O)[O-]. The monoisotopic (exact) mass is 972 g/mol. The predicted molar refractivity (Wildman–Crippen MR) is 288 cm³/mol. The Morgan fingerprint density at radius 3 is 1.23 bits per heavy atom. The summed E-state index contributed by atoms with van der Waals surface area (Å²) in [6, 6.07) is 0. The summed E-state index contributed by atoms with van der Waals surface area (Å²) in [6.45, 7) is 4.67. The minimum Gasteiger partial charge on any atom is -0.545 e. The van der Waals surface area contributed by atoms with E-state index in [2.05, 4.69) is 62.5 Å². The Labute approximate surface area is 425 Å². The van der Waals surface area contributed by atoms with Crippen LogP contribution in [-0.4, -0.2) is 82.3 Å². The normalized spacial score (nSPS) is 13.1. The molecule has 0 rings (SSSR count). The van der Waals surface area contributed by atoms with Crippen LogP contribution in [0.5, 0.6) is 0 Å². The highest BCUT2D eigenvalue weighted by Crippen LogP contribution is 2.17. The van der Waals surface area contributed by atoms with Crippen LogP contribution >= 0.6 is 0 Å².